The number of hydrogen-bond acceptors (Lipinski definition) is 8. The first kappa shape index (κ1) is 27.5. The van der Waals surface area contributed by atoms with Gasteiger partial charge in [-0.1, -0.05) is 91.0 Å². The summed E-state index contributed by atoms with van der Waals surface area (Å²) in [5.74, 6) is -2.90. The summed E-state index contributed by atoms with van der Waals surface area (Å²) >= 11 is 0. The highest BCUT2D eigenvalue weighted by molar-refractivity contribution is 5.90. The van der Waals surface area contributed by atoms with E-state index in [1.807, 2.05) is 91.0 Å². The van der Waals surface area contributed by atoms with E-state index >= 15 is 0 Å². The molecular weight excluding hydrogens is 516 g/mol. The molecule has 0 aromatic heterocycles. The smallest absolute Gasteiger partial charge is 0.339 e. The predicted molar refractivity (Wildman–Crippen MR) is 140 cm³/mol. The van der Waals surface area contributed by atoms with Gasteiger partial charge < -0.3 is 28.8 Å². The highest BCUT2D eigenvalue weighted by Crippen LogP contribution is 2.45. The molecule has 208 valence electrons. The second kappa shape index (κ2) is 12.4. The van der Waals surface area contributed by atoms with Crippen molar-refractivity contribution < 1.29 is 43.2 Å². The maximum atomic E-state index is 13.8. The first-order valence-electron chi connectivity index (χ1n) is 13.1. The van der Waals surface area contributed by atoms with Crippen LogP contribution in [0.5, 0.6) is 0 Å². The van der Waals surface area contributed by atoms with Crippen molar-refractivity contribution in [1.29, 1.82) is 0 Å². The van der Waals surface area contributed by atoms with Crippen molar-refractivity contribution in [3.8, 4) is 0 Å². The van der Waals surface area contributed by atoms with Gasteiger partial charge in [0.25, 0.3) is 0 Å². The predicted octanol–water partition coefficient (Wildman–Crippen LogP) is 4.35. The van der Waals surface area contributed by atoms with Gasteiger partial charge in [0.2, 0.25) is 0 Å². The number of carboxylic acid groups (broad SMARTS) is 1. The average molecular weight is 547 g/mol. The number of carbonyl (C=O) groups excluding carboxylic acids is 2. The lowest BCUT2D eigenvalue weighted by Gasteiger charge is -2.42. The molecular formula is C31H30O9. The second-order valence-corrected chi connectivity index (χ2v) is 9.86. The van der Waals surface area contributed by atoms with E-state index in [0.29, 0.717) is 0 Å². The fourth-order valence-electron chi connectivity index (χ4n) is 5.04. The number of benzene rings is 3. The van der Waals surface area contributed by atoms with Crippen LogP contribution in [0.3, 0.4) is 0 Å². The molecule has 3 aromatic carbocycles. The van der Waals surface area contributed by atoms with Gasteiger partial charge in [-0.25, -0.2) is 4.79 Å². The molecule has 0 spiro atoms. The van der Waals surface area contributed by atoms with Crippen LogP contribution in [0.1, 0.15) is 42.2 Å². The standard InChI is InChI=1S/C31H30O9/c32-26(33)16-27(34)38-24-17-31(37-20-22-12-6-2-7-13-22,30(35)36-19-21-10-4-1-5-11-21)18-25-28(24)40-29(39-25)23-14-8-3-9-15-23/h1-15,24-25,28-29H,16-20H2,(H,32,33)/t24-,25-,28+,29?,31-/m1/s1. The number of aliphatic carboxylic acids is 1. The van der Waals surface area contributed by atoms with Crippen molar-refractivity contribution >= 4 is 17.9 Å². The van der Waals surface area contributed by atoms with Gasteiger partial charge in [0, 0.05) is 18.4 Å². The molecule has 0 amide bonds. The second-order valence-electron chi connectivity index (χ2n) is 9.86. The van der Waals surface area contributed by atoms with Crippen LogP contribution in [0.2, 0.25) is 0 Å². The molecule has 1 saturated carbocycles. The number of ether oxygens (including phenoxy) is 5. The Hall–Kier alpha value is -4.05. The maximum absolute atomic E-state index is 13.8. The van der Waals surface area contributed by atoms with Crippen molar-refractivity contribution in [2.75, 3.05) is 0 Å². The molecule has 2 aliphatic rings. The van der Waals surface area contributed by atoms with E-state index in [4.69, 9.17) is 28.8 Å². The third-order valence-corrected chi connectivity index (χ3v) is 6.97. The summed E-state index contributed by atoms with van der Waals surface area (Å²) in [6.07, 6.45) is -4.03. The van der Waals surface area contributed by atoms with Crippen molar-refractivity contribution in [2.45, 2.75) is 62.7 Å². The molecule has 1 saturated heterocycles. The number of fused-ring (bicyclic) bond motifs is 1. The van der Waals surface area contributed by atoms with E-state index in [9.17, 15) is 14.4 Å². The van der Waals surface area contributed by atoms with E-state index in [-0.39, 0.29) is 26.1 Å². The fourth-order valence-corrected chi connectivity index (χ4v) is 5.04. The summed E-state index contributed by atoms with van der Waals surface area (Å²) in [5.41, 5.74) is 0.853. The summed E-state index contributed by atoms with van der Waals surface area (Å²) in [6.45, 7) is 0.120. The Bertz CT molecular complexity index is 1300. The molecule has 40 heavy (non-hydrogen) atoms. The minimum atomic E-state index is -1.55. The van der Waals surface area contributed by atoms with Crippen molar-refractivity contribution in [2.24, 2.45) is 0 Å². The van der Waals surface area contributed by atoms with Crippen LogP contribution in [-0.2, 0) is 51.3 Å². The van der Waals surface area contributed by atoms with Crippen LogP contribution in [0, 0.1) is 0 Å². The van der Waals surface area contributed by atoms with Gasteiger partial charge in [-0.3, -0.25) is 9.59 Å². The normalized spacial score (nSPS) is 25.5. The Labute approximate surface area is 231 Å². The van der Waals surface area contributed by atoms with Crippen LogP contribution in [0.4, 0.5) is 0 Å². The minimum absolute atomic E-state index is 0.0255. The molecule has 1 heterocycles. The Kier molecular flexibility index (Phi) is 8.54. The van der Waals surface area contributed by atoms with E-state index in [0.717, 1.165) is 16.7 Å². The van der Waals surface area contributed by atoms with E-state index in [2.05, 4.69) is 0 Å². The van der Waals surface area contributed by atoms with Gasteiger partial charge in [0.1, 0.15) is 25.2 Å². The largest absolute Gasteiger partial charge is 0.481 e. The molecule has 1 aliphatic heterocycles. The molecule has 3 aromatic rings. The molecule has 2 fully saturated rings. The van der Waals surface area contributed by atoms with Crippen LogP contribution in [0.25, 0.3) is 0 Å². The van der Waals surface area contributed by atoms with Gasteiger partial charge >= 0.3 is 17.9 Å². The third-order valence-electron chi connectivity index (χ3n) is 6.97. The van der Waals surface area contributed by atoms with Crippen LogP contribution < -0.4 is 0 Å². The highest BCUT2D eigenvalue weighted by atomic mass is 16.7. The van der Waals surface area contributed by atoms with E-state index < -0.39 is 54.5 Å². The summed E-state index contributed by atoms with van der Waals surface area (Å²) in [7, 11) is 0. The monoisotopic (exact) mass is 546 g/mol. The molecule has 5 atom stereocenters. The van der Waals surface area contributed by atoms with E-state index in [1.54, 1.807) is 0 Å². The number of esters is 2. The lowest BCUT2D eigenvalue weighted by atomic mass is 9.79. The number of carbonyl (C=O) groups is 3. The molecule has 1 unspecified atom stereocenters. The highest BCUT2D eigenvalue weighted by Gasteiger charge is 2.58. The first-order valence-corrected chi connectivity index (χ1v) is 13.1. The SMILES string of the molecule is O=C(O)CC(=O)O[C@@H]1C[C@](OCc2ccccc2)(C(=O)OCc2ccccc2)C[C@H]2OC(c3ccccc3)O[C@@H]12. The van der Waals surface area contributed by atoms with Crippen molar-refractivity contribution in [3.05, 3.63) is 108 Å². The quantitative estimate of drug-likeness (QED) is 0.293. The van der Waals surface area contributed by atoms with Crippen LogP contribution in [-0.4, -0.2) is 46.9 Å². The lowest BCUT2D eigenvalue weighted by Crippen LogP contribution is -2.58. The molecule has 1 aliphatic carbocycles. The van der Waals surface area contributed by atoms with Crippen molar-refractivity contribution in [3.63, 3.8) is 0 Å². The van der Waals surface area contributed by atoms with Gasteiger partial charge in [-0.15, -0.1) is 0 Å². The minimum Gasteiger partial charge on any atom is -0.481 e. The summed E-state index contributed by atoms with van der Waals surface area (Å²) in [4.78, 5) is 37.4. The summed E-state index contributed by atoms with van der Waals surface area (Å²) in [5, 5.41) is 9.12. The molecule has 9 heteroatoms. The van der Waals surface area contributed by atoms with Crippen LogP contribution >= 0.6 is 0 Å². The fraction of sp³-hybridized carbons (Fsp3) is 0.323. The maximum Gasteiger partial charge on any atom is 0.339 e. The topological polar surface area (TPSA) is 118 Å². The Balaban J connectivity index is 1.43. The van der Waals surface area contributed by atoms with Crippen molar-refractivity contribution in [1.82, 2.24) is 0 Å². The number of carboxylic acids is 1. The first-order chi connectivity index (χ1) is 19.4. The molecule has 5 rings (SSSR count). The molecule has 1 N–H and O–H groups in total. The zero-order chi connectivity index (χ0) is 28.0. The van der Waals surface area contributed by atoms with Gasteiger partial charge in [-0.2, -0.15) is 0 Å². The number of hydrogen-bond donors (Lipinski definition) is 1. The summed E-state index contributed by atoms with van der Waals surface area (Å²) in [6, 6.07) is 27.9. The molecule has 0 bridgehead atoms. The van der Waals surface area contributed by atoms with Crippen LogP contribution in [0.15, 0.2) is 91.0 Å². The third kappa shape index (κ3) is 6.56. The zero-order valence-electron chi connectivity index (χ0n) is 21.7. The Morgan fingerprint density at radius 2 is 1.40 bits per heavy atom. The zero-order valence-corrected chi connectivity index (χ0v) is 21.7. The Morgan fingerprint density at radius 1 is 0.800 bits per heavy atom. The average Bonchev–Trinajstić information content (AvgIpc) is 3.40. The van der Waals surface area contributed by atoms with Gasteiger partial charge in [-0.05, 0) is 11.1 Å². The lowest BCUT2D eigenvalue weighted by molar-refractivity contribution is -0.204. The molecule has 9 nitrogen and oxygen atoms in total. The van der Waals surface area contributed by atoms with Gasteiger partial charge in [0.15, 0.2) is 11.9 Å². The van der Waals surface area contributed by atoms with Gasteiger partial charge in [0.05, 0.1) is 12.7 Å². The molecule has 0 radical (unpaired) electrons. The Morgan fingerprint density at radius 3 is 2.02 bits per heavy atom. The number of rotatable bonds is 10. The van der Waals surface area contributed by atoms with E-state index in [1.165, 1.54) is 0 Å². The summed E-state index contributed by atoms with van der Waals surface area (Å²) < 4.78 is 30.1.